The molecule has 0 aromatic heterocycles. The van der Waals surface area contributed by atoms with E-state index in [9.17, 15) is 4.79 Å². The molecule has 0 spiro atoms. The molecule has 0 radical (unpaired) electrons. The Balaban J connectivity index is 2.33. The Morgan fingerprint density at radius 3 is 2.67 bits per heavy atom. The van der Waals surface area contributed by atoms with Crippen LogP contribution in [0.15, 0.2) is 0 Å². The van der Waals surface area contributed by atoms with Crippen molar-refractivity contribution in [1.29, 1.82) is 0 Å². The van der Waals surface area contributed by atoms with E-state index in [1.165, 1.54) is 6.42 Å². The molecule has 1 rings (SSSR count). The number of nitrogens with one attached hydrogen (secondary N) is 1. The van der Waals surface area contributed by atoms with Crippen LogP contribution in [0.5, 0.6) is 0 Å². The third-order valence-electron chi connectivity index (χ3n) is 4.87. The number of amides is 1. The van der Waals surface area contributed by atoms with E-state index in [4.69, 9.17) is 5.73 Å². The maximum absolute atomic E-state index is 12.4. The Hall–Kier alpha value is -0.610. The van der Waals surface area contributed by atoms with Gasteiger partial charge in [-0.25, -0.2) is 0 Å². The number of nitrogens with two attached hydrogens (primary N) is 1. The first-order valence-corrected chi connectivity index (χ1v) is 8.73. The normalized spacial score (nSPS) is 27.6. The molecule has 0 aliphatic heterocycles. The lowest BCUT2D eigenvalue weighted by Gasteiger charge is -2.36. The van der Waals surface area contributed by atoms with Crippen molar-refractivity contribution >= 4 is 5.91 Å². The lowest BCUT2D eigenvalue weighted by atomic mass is 9.76. The van der Waals surface area contributed by atoms with Crippen molar-refractivity contribution in [1.82, 2.24) is 10.2 Å². The zero-order valence-corrected chi connectivity index (χ0v) is 14.5. The van der Waals surface area contributed by atoms with Crippen LogP contribution in [0.4, 0.5) is 0 Å². The van der Waals surface area contributed by atoms with E-state index < -0.39 is 5.54 Å². The molecule has 0 aromatic rings. The summed E-state index contributed by atoms with van der Waals surface area (Å²) in [5.74, 6) is 0.622. The van der Waals surface area contributed by atoms with Crippen molar-refractivity contribution in [2.45, 2.75) is 77.8 Å². The first-order valence-electron chi connectivity index (χ1n) is 8.73. The van der Waals surface area contributed by atoms with Gasteiger partial charge in [0.15, 0.2) is 0 Å². The highest BCUT2D eigenvalue weighted by molar-refractivity contribution is 5.86. The predicted octanol–water partition coefficient (Wildman–Crippen LogP) is 2.52. The molecule has 0 aromatic carbocycles. The molecule has 1 fully saturated rings. The molecule has 1 aliphatic carbocycles. The van der Waals surface area contributed by atoms with Gasteiger partial charge < -0.3 is 16.0 Å². The lowest BCUT2D eigenvalue weighted by molar-refractivity contribution is -0.128. The highest BCUT2D eigenvalue weighted by Gasteiger charge is 2.38. The minimum absolute atomic E-state index is 0.0596. The number of hydrogen-bond donors (Lipinski definition) is 2. The summed E-state index contributed by atoms with van der Waals surface area (Å²) in [5.41, 5.74) is 5.71. The second-order valence-electron chi connectivity index (χ2n) is 6.90. The van der Waals surface area contributed by atoms with Crippen molar-refractivity contribution in [2.75, 3.05) is 19.6 Å². The Labute approximate surface area is 130 Å². The van der Waals surface area contributed by atoms with Crippen LogP contribution in [0.3, 0.4) is 0 Å². The number of hydrogen-bond acceptors (Lipinski definition) is 3. The highest BCUT2D eigenvalue weighted by atomic mass is 16.2. The van der Waals surface area contributed by atoms with Gasteiger partial charge >= 0.3 is 0 Å². The molecule has 3 unspecified atom stereocenters. The maximum Gasteiger partial charge on any atom is 0.240 e. The standard InChI is InChI=1S/C17H35N3O/c1-5-20(6-2)12-8-10-15(4)19-16(21)17(18)11-7-9-14(3)13-17/h14-15H,5-13,18H2,1-4H3,(H,19,21). The summed E-state index contributed by atoms with van der Waals surface area (Å²) in [4.78, 5) is 14.9. The van der Waals surface area contributed by atoms with Gasteiger partial charge in [-0.1, -0.05) is 33.6 Å². The fourth-order valence-electron chi connectivity index (χ4n) is 3.40. The van der Waals surface area contributed by atoms with Crippen LogP contribution in [-0.2, 0) is 4.79 Å². The van der Waals surface area contributed by atoms with Gasteiger partial charge in [0.2, 0.25) is 5.91 Å². The Morgan fingerprint density at radius 2 is 2.10 bits per heavy atom. The zero-order valence-electron chi connectivity index (χ0n) is 14.5. The first-order chi connectivity index (χ1) is 9.91. The van der Waals surface area contributed by atoms with Crippen molar-refractivity contribution in [3.05, 3.63) is 0 Å². The second kappa shape index (κ2) is 8.74. The summed E-state index contributed by atoms with van der Waals surface area (Å²) in [7, 11) is 0. The smallest absolute Gasteiger partial charge is 0.240 e. The number of carbonyl (C=O) groups excluding carboxylic acids is 1. The van der Waals surface area contributed by atoms with Crippen LogP contribution < -0.4 is 11.1 Å². The molecule has 3 atom stereocenters. The van der Waals surface area contributed by atoms with Gasteiger partial charge in [-0.2, -0.15) is 0 Å². The minimum Gasteiger partial charge on any atom is -0.352 e. The Morgan fingerprint density at radius 1 is 1.43 bits per heavy atom. The molecule has 124 valence electrons. The average molecular weight is 297 g/mol. The molecule has 21 heavy (non-hydrogen) atoms. The molecule has 3 N–H and O–H groups in total. The summed E-state index contributed by atoms with van der Waals surface area (Å²) in [6, 6.07) is 0.214. The molecule has 1 amide bonds. The van der Waals surface area contributed by atoms with E-state index in [0.717, 1.165) is 51.7 Å². The summed E-state index contributed by atoms with van der Waals surface area (Å²) in [6.07, 6.45) is 6.07. The van der Waals surface area contributed by atoms with E-state index in [2.05, 4.69) is 37.9 Å². The fourth-order valence-corrected chi connectivity index (χ4v) is 3.40. The van der Waals surface area contributed by atoms with E-state index in [1.54, 1.807) is 0 Å². The van der Waals surface area contributed by atoms with Crippen molar-refractivity contribution in [3.8, 4) is 0 Å². The van der Waals surface area contributed by atoms with Gasteiger partial charge in [0.05, 0.1) is 5.54 Å². The molecule has 1 aliphatic rings. The number of carbonyl (C=O) groups is 1. The van der Waals surface area contributed by atoms with E-state index in [-0.39, 0.29) is 11.9 Å². The van der Waals surface area contributed by atoms with Gasteiger partial charge in [0.25, 0.3) is 0 Å². The largest absolute Gasteiger partial charge is 0.352 e. The van der Waals surface area contributed by atoms with Gasteiger partial charge in [-0.3, -0.25) is 4.79 Å². The molecular weight excluding hydrogens is 262 g/mol. The van der Waals surface area contributed by atoms with Crippen LogP contribution >= 0.6 is 0 Å². The fraction of sp³-hybridized carbons (Fsp3) is 0.941. The monoisotopic (exact) mass is 297 g/mol. The van der Waals surface area contributed by atoms with Crippen molar-refractivity contribution in [2.24, 2.45) is 11.7 Å². The van der Waals surface area contributed by atoms with E-state index in [1.807, 2.05) is 0 Å². The topological polar surface area (TPSA) is 58.4 Å². The van der Waals surface area contributed by atoms with Crippen LogP contribution in [0, 0.1) is 5.92 Å². The van der Waals surface area contributed by atoms with Crippen LogP contribution in [0.25, 0.3) is 0 Å². The third kappa shape index (κ3) is 5.95. The average Bonchev–Trinajstić information content (AvgIpc) is 2.43. The van der Waals surface area contributed by atoms with Crippen LogP contribution in [0.2, 0.25) is 0 Å². The minimum atomic E-state index is -0.634. The molecule has 4 heteroatoms. The summed E-state index contributed by atoms with van der Waals surface area (Å²) >= 11 is 0. The zero-order chi connectivity index (χ0) is 15.9. The number of nitrogens with zero attached hydrogens (tertiary/aromatic N) is 1. The quantitative estimate of drug-likeness (QED) is 0.724. The molecule has 0 saturated heterocycles. The first kappa shape index (κ1) is 18.4. The van der Waals surface area contributed by atoms with Crippen molar-refractivity contribution < 1.29 is 4.79 Å². The number of rotatable bonds is 8. The van der Waals surface area contributed by atoms with E-state index >= 15 is 0 Å². The second-order valence-corrected chi connectivity index (χ2v) is 6.90. The molecular formula is C17H35N3O. The van der Waals surface area contributed by atoms with Crippen molar-refractivity contribution in [3.63, 3.8) is 0 Å². The Kier molecular flexibility index (Phi) is 7.67. The lowest BCUT2D eigenvalue weighted by Crippen LogP contribution is -2.57. The van der Waals surface area contributed by atoms with Gasteiger partial charge in [-0.05, 0) is 58.2 Å². The summed E-state index contributed by atoms with van der Waals surface area (Å²) < 4.78 is 0. The predicted molar refractivity (Wildman–Crippen MR) is 89.2 cm³/mol. The van der Waals surface area contributed by atoms with Gasteiger partial charge in [0, 0.05) is 6.04 Å². The summed E-state index contributed by atoms with van der Waals surface area (Å²) in [6.45, 7) is 12.0. The maximum atomic E-state index is 12.4. The summed E-state index contributed by atoms with van der Waals surface area (Å²) in [5, 5.41) is 3.14. The third-order valence-corrected chi connectivity index (χ3v) is 4.87. The molecule has 4 nitrogen and oxygen atoms in total. The van der Waals surface area contributed by atoms with Gasteiger partial charge in [-0.15, -0.1) is 0 Å². The van der Waals surface area contributed by atoms with Gasteiger partial charge in [0.1, 0.15) is 0 Å². The highest BCUT2D eigenvalue weighted by Crippen LogP contribution is 2.30. The Bertz CT molecular complexity index is 317. The molecule has 0 heterocycles. The molecule has 1 saturated carbocycles. The molecule has 0 bridgehead atoms. The van der Waals surface area contributed by atoms with Crippen LogP contribution in [0.1, 0.15) is 66.2 Å². The van der Waals surface area contributed by atoms with E-state index in [0.29, 0.717) is 5.92 Å². The SMILES string of the molecule is CCN(CC)CCCC(C)NC(=O)C1(N)CCCC(C)C1. The van der Waals surface area contributed by atoms with Crippen LogP contribution in [-0.4, -0.2) is 42.0 Å².